The van der Waals surface area contributed by atoms with E-state index in [-0.39, 0.29) is 47.5 Å². The number of carbonyl (C=O) groups excluding carboxylic acids is 3. The van der Waals surface area contributed by atoms with Crippen molar-refractivity contribution in [3.05, 3.63) is 159 Å². The van der Waals surface area contributed by atoms with E-state index < -0.39 is 6.10 Å². The van der Waals surface area contributed by atoms with E-state index in [0.29, 0.717) is 0 Å². The number of ketones is 2. The van der Waals surface area contributed by atoms with Gasteiger partial charge in [0.1, 0.15) is 6.10 Å². The first kappa shape index (κ1) is 49.0. The summed E-state index contributed by atoms with van der Waals surface area (Å²) in [5.41, 5.74) is 6.24. The second-order valence-corrected chi connectivity index (χ2v) is 24.1. The van der Waals surface area contributed by atoms with Gasteiger partial charge in [0.25, 0.3) is 0 Å². The van der Waals surface area contributed by atoms with E-state index in [1.165, 1.54) is 11.3 Å². The van der Waals surface area contributed by atoms with Crippen LogP contribution in [0.3, 0.4) is 0 Å². The van der Waals surface area contributed by atoms with Crippen LogP contribution in [0.1, 0.15) is 59.4 Å². The molecule has 0 amide bonds. The Bertz CT molecular complexity index is 2180. The second kappa shape index (κ2) is 25.3. The molecule has 0 spiro atoms. The van der Waals surface area contributed by atoms with E-state index >= 15 is 0 Å². The van der Waals surface area contributed by atoms with E-state index in [0.717, 1.165) is 66.5 Å². The number of halogens is 4. The van der Waals surface area contributed by atoms with E-state index in [4.69, 9.17) is 0 Å². The summed E-state index contributed by atoms with van der Waals surface area (Å²) in [5, 5.41) is 29.6. The third-order valence-electron chi connectivity index (χ3n) is 6.69. The van der Waals surface area contributed by atoms with Crippen molar-refractivity contribution in [3.8, 4) is 9.75 Å². The largest absolute Gasteiger partial charge is 1.00 e. The molecule has 0 fully saturated rings. The third-order valence-corrected chi connectivity index (χ3v) is 18.2. The fraction of sp³-hybridized carbons (Fsp3) is 0.0278. The smallest absolute Gasteiger partial charge is 0.384 e. The predicted molar refractivity (Wildman–Crippen MR) is 260 cm³/mol. The minimum absolute atomic E-state index is 0. The molecular weight excluding hydrogens is 1330 g/mol. The quantitative estimate of drug-likeness (QED) is 0.0613. The second-order valence-electron chi connectivity index (χ2n) is 9.80. The molecule has 0 atom stereocenters. The van der Waals surface area contributed by atoms with Crippen molar-refractivity contribution in [2.24, 2.45) is 0 Å². The van der Waals surface area contributed by atoms with Crippen molar-refractivity contribution < 1.29 is 55.4 Å². The molecule has 1 radical (unpaired) electrons. The molecule has 8 aromatic rings. The molecule has 18 heteroatoms. The topological polar surface area (TPSA) is 71.4 Å². The molecule has 0 saturated heterocycles. The molecule has 277 valence electrons. The van der Waals surface area contributed by atoms with Crippen LogP contribution in [0.15, 0.2) is 102 Å². The molecule has 0 saturated carbocycles. The van der Waals surface area contributed by atoms with Gasteiger partial charge in [-0.1, -0.05) is 0 Å². The van der Waals surface area contributed by atoms with Crippen LogP contribution in [-0.2, 0) is 17.1 Å². The van der Waals surface area contributed by atoms with Gasteiger partial charge in [-0.3, -0.25) is 25.7 Å². The molecule has 8 aromatic heterocycles. The number of thiophene rings is 8. The summed E-state index contributed by atoms with van der Waals surface area (Å²) in [7, 11) is 0. The first-order valence-corrected chi connectivity index (χ1v) is 25.9. The Kier molecular flexibility index (Phi) is 22.9. The maximum atomic E-state index is 12.0. The summed E-state index contributed by atoms with van der Waals surface area (Å²) in [6.45, 7) is 0. The molecular formula is C36H21CuI4LiO4S8. The first-order chi connectivity index (χ1) is 25.2. The molecule has 9 rings (SSSR count). The predicted octanol–water partition coefficient (Wildman–Crippen LogP) is 11.5. The summed E-state index contributed by atoms with van der Waals surface area (Å²) in [4.78, 5) is 35.8. The Balaban J connectivity index is 0.000000187. The number of hydrogen-bond donors (Lipinski definition) is 1. The number of aliphatic hydroxyl groups is 1. The van der Waals surface area contributed by atoms with Crippen molar-refractivity contribution in [1.82, 2.24) is 0 Å². The number of hydrogen-bond acceptors (Lipinski definition) is 12. The minimum Gasteiger partial charge on any atom is -0.384 e. The van der Waals surface area contributed by atoms with Crippen molar-refractivity contribution in [2.75, 3.05) is 0 Å². The van der Waals surface area contributed by atoms with Crippen LogP contribution in [0.4, 0.5) is 0 Å². The Labute approximate surface area is 422 Å². The molecule has 0 bridgehead atoms. The van der Waals surface area contributed by atoms with Gasteiger partial charge in [0.15, 0.2) is 17.9 Å². The van der Waals surface area contributed by atoms with Crippen molar-refractivity contribution >= 4 is 199 Å². The van der Waals surface area contributed by atoms with Gasteiger partial charge in [-0.25, -0.2) is 12.1 Å². The van der Waals surface area contributed by atoms with Crippen molar-refractivity contribution in [1.29, 1.82) is 0 Å². The fourth-order valence-corrected chi connectivity index (χ4v) is 13.3. The number of aldehydes is 1. The molecule has 54 heavy (non-hydrogen) atoms. The Hall–Kier alpha value is 0.607. The summed E-state index contributed by atoms with van der Waals surface area (Å²) in [6, 6.07) is 18.2. The molecule has 8 heterocycles. The molecule has 0 unspecified atom stereocenters. The van der Waals surface area contributed by atoms with Gasteiger partial charge in [-0.15, -0.1) is 73.4 Å². The van der Waals surface area contributed by atoms with Gasteiger partial charge < -0.3 is 5.11 Å². The van der Waals surface area contributed by atoms with Crippen LogP contribution < -0.4 is 18.9 Å². The minimum atomic E-state index is -0.466. The van der Waals surface area contributed by atoms with Crippen LogP contribution >= 0.6 is 181 Å². The monoisotopic (exact) mass is 1350 g/mol. The normalized spacial score (nSPS) is 10.4. The molecule has 1 aliphatic carbocycles. The van der Waals surface area contributed by atoms with E-state index in [2.05, 4.69) is 96.4 Å². The molecule has 1 N–H and O–H groups in total. The van der Waals surface area contributed by atoms with E-state index in [9.17, 15) is 19.5 Å². The Morgan fingerprint density at radius 1 is 0.648 bits per heavy atom. The summed E-state index contributed by atoms with van der Waals surface area (Å²) >= 11 is 22.0. The van der Waals surface area contributed by atoms with Crippen LogP contribution in [0, 0.1) is 17.6 Å². The van der Waals surface area contributed by atoms with Crippen molar-refractivity contribution in [2.45, 2.75) is 6.10 Å². The molecule has 0 aliphatic heterocycles. The van der Waals surface area contributed by atoms with Gasteiger partial charge in [0, 0.05) is 61.4 Å². The van der Waals surface area contributed by atoms with Crippen LogP contribution in [-0.4, -0.2) is 23.0 Å². The maximum absolute atomic E-state index is 12.0. The maximum Gasteiger partial charge on any atom is 1.00 e. The first-order valence-electron chi connectivity index (χ1n) is 14.4. The Morgan fingerprint density at radius 3 is 1.44 bits per heavy atom. The van der Waals surface area contributed by atoms with Gasteiger partial charge in [0.05, 0.1) is 21.3 Å². The van der Waals surface area contributed by atoms with Crippen molar-refractivity contribution in [3.63, 3.8) is 0 Å². The van der Waals surface area contributed by atoms with E-state index in [1.54, 1.807) is 85.4 Å². The SMILES string of the molecule is O=C(c1ccsc1I)c1ccsc1I.O=C1c2ccsc2-c2sccc21.O=Cc1ccsc1.OC(c1ccsc1I)c1ccsc1I.[Cu].[Li+].[c-]1ccsc1. The number of carbonyl (C=O) groups is 3. The van der Waals surface area contributed by atoms with Crippen LogP contribution in [0.25, 0.3) is 9.75 Å². The average Bonchev–Trinajstić information content (AvgIpc) is 4.00. The molecule has 4 nitrogen and oxygen atoms in total. The van der Waals surface area contributed by atoms with E-state index in [1.807, 2.05) is 96.3 Å². The number of fused-ring (bicyclic) bond motifs is 3. The molecule has 0 aromatic carbocycles. The molecule has 1 aliphatic rings. The zero-order valence-corrected chi connectivity index (χ0v) is 43.4. The third kappa shape index (κ3) is 13.3. The number of aliphatic hydroxyl groups excluding tert-OH is 1. The van der Waals surface area contributed by atoms with Crippen LogP contribution in [0.2, 0.25) is 0 Å². The zero-order chi connectivity index (χ0) is 37.0. The van der Waals surface area contributed by atoms with Gasteiger partial charge in [-0.2, -0.15) is 16.7 Å². The summed E-state index contributed by atoms with van der Waals surface area (Å²) < 4.78 is 4.46. The Morgan fingerprint density at radius 2 is 1.13 bits per heavy atom. The fourth-order valence-electron chi connectivity index (χ4n) is 4.23. The zero-order valence-electron chi connectivity index (χ0n) is 27.3. The average molecular weight is 1350 g/mol. The van der Waals surface area contributed by atoms with Crippen LogP contribution in [0.5, 0.6) is 0 Å². The van der Waals surface area contributed by atoms with Gasteiger partial charge >= 0.3 is 18.9 Å². The van der Waals surface area contributed by atoms with Gasteiger partial charge in [0.2, 0.25) is 0 Å². The summed E-state index contributed by atoms with van der Waals surface area (Å²) in [5.74, 6) is 0.337. The van der Waals surface area contributed by atoms with Gasteiger partial charge in [-0.05, 0) is 170 Å². The number of rotatable bonds is 5. The standard InChI is InChI=1S/C9H6I2OS2.C9H4I2OS2.C9H4OS2.C5H4OS.C4H3S.Cu.Li/c2*10-8-5(1-3-13-8)7(12)6-2-4-14-9(6)11;10-7-5-1-3-11-8(5)9-6(7)2-4-12-9;6-3-5-1-2-7-4-5;1-2-4-5-3-1;;/h1-4,7,12H;1-4H;1-4H;1-4H;1,3-4H;;/q;;;;-1;;+1. The summed E-state index contributed by atoms with van der Waals surface area (Å²) in [6.07, 6.45) is 0.377.